The first-order chi connectivity index (χ1) is 12.3. The van der Waals surface area contributed by atoms with Crippen molar-refractivity contribution in [2.24, 2.45) is 0 Å². The lowest BCUT2D eigenvalue weighted by Crippen LogP contribution is -2.25. The Kier molecular flexibility index (Phi) is 5.90. The van der Waals surface area contributed by atoms with Crippen LogP contribution in [0.1, 0.15) is 18.0 Å². The van der Waals surface area contributed by atoms with E-state index < -0.39 is 0 Å². The van der Waals surface area contributed by atoms with Crippen molar-refractivity contribution in [1.29, 1.82) is 0 Å². The van der Waals surface area contributed by atoms with Crippen LogP contribution in [0.2, 0.25) is 0 Å². The van der Waals surface area contributed by atoms with Crippen molar-refractivity contribution in [1.82, 2.24) is 19.3 Å². The molecule has 0 spiro atoms. The Morgan fingerprint density at radius 3 is 2.64 bits per heavy atom. The van der Waals surface area contributed by atoms with Gasteiger partial charge in [0.05, 0.1) is 6.54 Å². The highest BCUT2D eigenvalue weighted by Crippen LogP contribution is 2.18. The average molecular weight is 355 g/mol. The minimum Gasteiger partial charge on any atom is -0.342 e. The van der Waals surface area contributed by atoms with E-state index in [1.54, 1.807) is 22.8 Å². The largest absolute Gasteiger partial charge is 0.342 e. The summed E-state index contributed by atoms with van der Waals surface area (Å²) in [6.45, 7) is 0.661. The van der Waals surface area contributed by atoms with Gasteiger partial charge < -0.3 is 9.88 Å². The van der Waals surface area contributed by atoms with Gasteiger partial charge in [0.2, 0.25) is 5.91 Å². The summed E-state index contributed by atoms with van der Waals surface area (Å²) in [5, 5.41) is 7.12. The molecule has 0 aliphatic heterocycles. The minimum atomic E-state index is -0.197. The van der Waals surface area contributed by atoms with Gasteiger partial charge in [-0.1, -0.05) is 12.1 Å². The molecule has 2 aromatic heterocycles. The van der Waals surface area contributed by atoms with E-state index in [-0.39, 0.29) is 11.9 Å². The van der Waals surface area contributed by atoms with Crippen molar-refractivity contribution in [2.45, 2.75) is 19.0 Å². The number of carbonyl (C=O) groups is 1. The van der Waals surface area contributed by atoms with Crippen LogP contribution in [0, 0.1) is 0 Å². The molecule has 0 unspecified atom stereocenters. The lowest BCUT2D eigenvalue weighted by atomic mass is 10.1. The lowest BCUT2D eigenvalue weighted by Gasteiger charge is -2.18. The Labute approximate surface area is 151 Å². The fourth-order valence-corrected chi connectivity index (χ4v) is 3.08. The van der Waals surface area contributed by atoms with Crippen molar-refractivity contribution in [3.63, 3.8) is 0 Å². The minimum absolute atomic E-state index is 0.00859. The number of hydrogen-bond acceptors (Lipinski definition) is 4. The molecule has 6 nitrogen and oxygen atoms in total. The van der Waals surface area contributed by atoms with Gasteiger partial charge in [-0.15, -0.1) is 0 Å². The second-order valence-electron chi connectivity index (χ2n) is 5.71. The number of hydrogen-bond donors (Lipinski definition) is 1. The van der Waals surface area contributed by atoms with E-state index >= 15 is 0 Å². The van der Waals surface area contributed by atoms with Crippen LogP contribution in [-0.2, 0) is 11.3 Å². The van der Waals surface area contributed by atoms with E-state index in [1.807, 2.05) is 53.4 Å². The predicted octanol–water partition coefficient (Wildman–Crippen LogP) is 3.06. The fourth-order valence-electron chi connectivity index (χ4n) is 2.62. The van der Waals surface area contributed by atoms with Gasteiger partial charge in [0.1, 0.15) is 18.7 Å². The number of nitrogens with zero attached hydrogens (tertiary/aromatic N) is 4. The highest BCUT2D eigenvalue weighted by atomic mass is 32.2. The monoisotopic (exact) mass is 355 g/mol. The van der Waals surface area contributed by atoms with Gasteiger partial charge in [-0.05, 0) is 48.3 Å². The van der Waals surface area contributed by atoms with Crippen molar-refractivity contribution in [3.05, 3.63) is 67.0 Å². The highest BCUT2D eigenvalue weighted by Gasteiger charge is 2.19. The summed E-state index contributed by atoms with van der Waals surface area (Å²) in [6.07, 6.45) is 9.93. The molecule has 3 aromatic rings. The zero-order valence-corrected chi connectivity index (χ0v) is 14.9. The van der Waals surface area contributed by atoms with Gasteiger partial charge in [-0.3, -0.25) is 4.79 Å². The molecule has 25 heavy (non-hydrogen) atoms. The third kappa shape index (κ3) is 4.73. The molecule has 7 heteroatoms. The zero-order valence-electron chi connectivity index (χ0n) is 14.1. The maximum Gasteiger partial charge on any atom is 0.247 e. The average Bonchev–Trinajstić information content (AvgIpc) is 3.31. The van der Waals surface area contributed by atoms with E-state index in [0.717, 1.165) is 23.4 Å². The topological polar surface area (TPSA) is 64.7 Å². The SMILES string of the molecule is CSCC[C@@H](C(=O)Nc1ccc(Cn2cncn2)cc1)n1cccc1. The van der Waals surface area contributed by atoms with Crippen molar-refractivity contribution in [2.75, 3.05) is 17.3 Å². The first-order valence-electron chi connectivity index (χ1n) is 8.10. The number of amides is 1. The number of carbonyl (C=O) groups excluding carboxylic acids is 1. The summed E-state index contributed by atoms with van der Waals surface area (Å²) in [7, 11) is 0. The van der Waals surface area contributed by atoms with Crippen LogP contribution in [0.4, 0.5) is 5.69 Å². The Balaban J connectivity index is 1.64. The van der Waals surface area contributed by atoms with E-state index in [0.29, 0.717) is 6.54 Å². The van der Waals surface area contributed by atoms with Gasteiger partial charge in [-0.2, -0.15) is 16.9 Å². The van der Waals surface area contributed by atoms with Crippen LogP contribution in [-0.4, -0.2) is 37.2 Å². The van der Waals surface area contributed by atoms with Crippen LogP contribution < -0.4 is 5.32 Å². The van der Waals surface area contributed by atoms with Gasteiger partial charge in [0.25, 0.3) is 0 Å². The third-order valence-corrected chi connectivity index (χ3v) is 4.56. The van der Waals surface area contributed by atoms with E-state index in [9.17, 15) is 4.79 Å². The number of benzene rings is 1. The summed E-state index contributed by atoms with van der Waals surface area (Å²) >= 11 is 1.75. The molecule has 0 radical (unpaired) electrons. The molecule has 1 N–H and O–H groups in total. The summed E-state index contributed by atoms with van der Waals surface area (Å²) in [4.78, 5) is 16.6. The highest BCUT2D eigenvalue weighted by molar-refractivity contribution is 7.98. The summed E-state index contributed by atoms with van der Waals surface area (Å²) in [5.41, 5.74) is 1.90. The molecule has 2 heterocycles. The molecule has 1 atom stereocenters. The molecule has 0 aliphatic carbocycles. The number of nitrogens with one attached hydrogen (secondary N) is 1. The molecular formula is C18H21N5OS. The van der Waals surface area contributed by atoms with Crippen molar-refractivity contribution >= 4 is 23.4 Å². The van der Waals surface area contributed by atoms with E-state index in [4.69, 9.17) is 0 Å². The second kappa shape index (κ2) is 8.53. The third-order valence-electron chi connectivity index (χ3n) is 3.92. The summed E-state index contributed by atoms with van der Waals surface area (Å²) < 4.78 is 3.72. The fraction of sp³-hybridized carbons (Fsp3) is 0.278. The number of rotatable bonds is 8. The first-order valence-corrected chi connectivity index (χ1v) is 9.49. The molecule has 0 bridgehead atoms. The molecule has 130 valence electrons. The van der Waals surface area contributed by atoms with Gasteiger partial charge in [0, 0.05) is 18.1 Å². The van der Waals surface area contributed by atoms with Crippen LogP contribution in [0.5, 0.6) is 0 Å². The quantitative estimate of drug-likeness (QED) is 0.674. The Bertz CT molecular complexity index is 768. The molecular weight excluding hydrogens is 334 g/mol. The Morgan fingerprint density at radius 1 is 1.24 bits per heavy atom. The normalized spacial score (nSPS) is 12.0. The smallest absolute Gasteiger partial charge is 0.247 e. The van der Waals surface area contributed by atoms with Crippen LogP contribution in [0.3, 0.4) is 0 Å². The van der Waals surface area contributed by atoms with E-state index in [1.165, 1.54) is 6.33 Å². The first kappa shape index (κ1) is 17.3. The number of anilines is 1. The van der Waals surface area contributed by atoms with Gasteiger partial charge in [-0.25, -0.2) is 9.67 Å². The summed E-state index contributed by atoms with van der Waals surface area (Å²) in [6, 6.07) is 11.5. The van der Waals surface area contributed by atoms with E-state index in [2.05, 4.69) is 21.7 Å². The molecule has 1 aromatic carbocycles. The van der Waals surface area contributed by atoms with Gasteiger partial charge in [0.15, 0.2) is 0 Å². The maximum atomic E-state index is 12.7. The number of aromatic nitrogens is 4. The molecule has 0 fully saturated rings. The summed E-state index contributed by atoms with van der Waals surface area (Å²) in [5.74, 6) is 0.946. The zero-order chi connectivity index (χ0) is 17.5. The van der Waals surface area contributed by atoms with Crippen molar-refractivity contribution < 1.29 is 4.79 Å². The molecule has 0 aliphatic rings. The number of thioether (sulfide) groups is 1. The lowest BCUT2D eigenvalue weighted by molar-refractivity contribution is -0.119. The molecule has 3 rings (SSSR count). The maximum absolute atomic E-state index is 12.7. The Morgan fingerprint density at radius 2 is 2.00 bits per heavy atom. The van der Waals surface area contributed by atoms with Gasteiger partial charge >= 0.3 is 0 Å². The Hall–Kier alpha value is -2.54. The second-order valence-corrected chi connectivity index (χ2v) is 6.69. The standard InChI is InChI=1S/C18H21N5OS/c1-25-11-8-17(22-9-2-3-10-22)18(24)21-16-6-4-15(5-7-16)12-23-14-19-13-20-23/h2-7,9-10,13-14,17H,8,11-12H2,1H3,(H,21,24)/t17-/m0/s1. The molecule has 0 saturated carbocycles. The van der Waals surface area contributed by atoms with Crippen LogP contribution in [0.25, 0.3) is 0 Å². The van der Waals surface area contributed by atoms with Crippen LogP contribution >= 0.6 is 11.8 Å². The molecule has 1 amide bonds. The van der Waals surface area contributed by atoms with Crippen molar-refractivity contribution in [3.8, 4) is 0 Å². The predicted molar refractivity (Wildman–Crippen MR) is 101 cm³/mol. The molecule has 0 saturated heterocycles. The van der Waals surface area contributed by atoms with Crippen LogP contribution in [0.15, 0.2) is 61.4 Å².